The number of nitrogens with zero attached hydrogens (tertiary/aromatic N) is 2. The number of benzene rings is 1. The monoisotopic (exact) mass is 239 g/mol. The van der Waals surface area contributed by atoms with E-state index in [1.165, 1.54) is 11.1 Å². The van der Waals surface area contributed by atoms with Gasteiger partial charge in [0.05, 0.1) is 16.7 Å². The Hall–Kier alpha value is -1.48. The van der Waals surface area contributed by atoms with Crippen molar-refractivity contribution in [1.29, 1.82) is 0 Å². The van der Waals surface area contributed by atoms with Gasteiger partial charge in [-0.2, -0.15) is 0 Å². The molecule has 1 aliphatic heterocycles. The third-order valence-electron chi connectivity index (χ3n) is 4.66. The van der Waals surface area contributed by atoms with E-state index in [1.807, 2.05) is 13.1 Å². The molecule has 3 heteroatoms. The molecule has 1 fully saturated rings. The van der Waals surface area contributed by atoms with Crippen LogP contribution in [0.3, 0.4) is 0 Å². The van der Waals surface area contributed by atoms with Crippen molar-refractivity contribution in [3.63, 3.8) is 0 Å². The molecular weight excluding hydrogens is 222 g/mol. The lowest BCUT2D eigenvalue weighted by Gasteiger charge is -2.27. The van der Waals surface area contributed by atoms with Crippen molar-refractivity contribution in [2.45, 2.75) is 25.7 Å². The number of hydrogen-bond donors (Lipinski definition) is 1. The maximum atomic E-state index is 4.61. The van der Waals surface area contributed by atoms with Crippen LogP contribution in [0.15, 0.2) is 18.3 Å². The quantitative estimate of drug-likeness (QED) is 0.767. The number of nitrogens with one attached hydrogen (secondary N) is 1. The second-order valence-corrected chi connectivity index (χ2v) is 5.71. The molecule has 0 spiro atoms. The summed E-state index contributed by atoms with van der Waals surface area (Å²) in [4.78, 5) is 9.12. The van der Waals surface area contributed by atoms with E-state index in [-0.39, 0.29) is 0 Å². The fourth-order valence-corrected chi connectivity index (χ4v) is 3.66. The van der Waals surface area contributed by atoms with Crippen LogP contribution in [0.4, 0.5) is 0 Å². The van der Waals surface area contributed by atoms with Crippen LogP contribution in [-0.4, -0.2) is 23.1 Å². The first-order valence-corrected chi connectivity index (χ1v) is 6.72. The zero-order valence-electron chi connectivity index (χ0n) is 10.8. The number of piperidine rings is 1. The molecule has 1 N–H and O–H groups in total. The van der Waals surface area contributed by atoms with Gasteiger partial charge >= 0.3 is 0 Å². The van der Waals surface area contributed by atoms with E-state index in [0.717, 1.165) is 35.7 Å². The first-order valence-electron chi connectivity index (χ1n) is 6.72. The predicted octanol–water partition coefficient (Wildman–Crippen LogP) is 2.36. The van der Waals surface area contributed by atoms with Gasteiger partial charge in [0, 0.05) is 19.3 Å². The number of aromatic nitrogens is 2. The van der Waals surface area contributed by atoms with E-state index in [9.17, 15) is 0 Å². The van der Waals surface area contributed by atoms with E-state index in [4.69, 9.17) is 0 Å². The zero-order chi connectivity index (χ0) is 12.3. The highest BCUT2D eigenvalue weighted by molar-refractivity contribution is 5.77. The van der Waals surface area contributed by atoms with Gasteiger partial charge in [0.1, 0.15) is 0 Å². The van der Waals surface area contributed by atoms with Crippen molar-refractivity contribution in [2.24, 2.45) is 5.92 Å². The fraction of sp³-hybridized carbons (Fsp3) is 0.467. The van der Waals surface area contributed by atoms with Crippen molar-refractivity contribution in [3.8, 4) is 0 Å². The minimum absolute atomic E-state index is 0.658. The summed E-state index contributed by atoms with van der Waals surface area (Å²) in [5.74, 6) is 2.07. The Labute approximate surface area is 107 Å². The number of hydrogen-bond acceptors (Lipinski definition) is 3. The van der Waals surface area contributed by atoms with Gasteiger partial charge in [-0.05, 0) is 47.9 Å². The van der Waals surface area contributed by atoms with E-state index < -0.39 is 0 Å². The van der Waals surface area contributed by atoms with Gasteiger partial charge in [-0.1, -0.05) is 6.92 Å². The van der Waals surface area contributed by atoms with Gasteiger partial charge in [-0.25, -0.2) is 4.98 Å². The second kappa shape index (κ2) is 3.51. The van der Waals surface area contributed by atoms with E-state index in [2.05, 4.69) is 34.3 Å². The molecule has 1 aromatic heterocycles. The van der Waals surface area contributed by atoms with Gasteiger partial charge in [-0.3, -0.25) is 4.98 Å². The Bertz CT molecular complexity index is 635. The van der Waals surface area contributed by atoms with Crippen LogP contribution in [0, 0.1) is 12.8 Å². The Morgan fingerprint density at radius 1 is 1.11 bits per heavy atom. The van der Waals surface area contributed by atoms with Gasteiger partial charge in [0.2, 0.25) is 0 Å². The normalized spacial score (nSPS) is 29.6. The summed E-state index contributed by atoms with van der Waals surface area (Å²) >= 11 is 0. The highest BCUT2D eigenvalue weighted by Crippen LogP contribution is 2.48. The molecule has 2 bridgehead atoms. The SMILES string of the molecule is Cc1cnc2cc3c(cc2n1)C1CNCC3C1C. The molecule has 18 heavy (non-hydrogen) atoms. The topological polar surface area (TPSA) is 37.8 Å². The molecule has 3 nitrogen and oxygen atoms in total. The van der Waals surface area contributed by atoms with Crippen molar-refractivity contribution >= 4 is 11.0 Å². The Morgan fingerprint density at radius 2 is 1.78 bits per heavy atom. The standard InChI is InChI=1S/C15H17N3/c1-8-5-17-14-3-10-11(4-15(14)18-8)13-7-16-6-12(10)9(13)2/h3-5,9,12-13,16H,6-7H2,1-2H3. The van der Waals surface area contributed by atoms with E-state index in [0.29, 0.717) is 11.8 Å². The first-order chi connectivity index (χ1) is 8.74. The molecule has 2 heterocycles. The maximum Gasteiger partial charge on any atom is 0.0893 e. The lowest BCUT2D eigenvalue weighted by atomic mass is 9.85. The lowest BCUT2D eigenvalue weighted by Crippen LogP contribution is -2.34. The molecule has 1 aromatic carbocycles. The number of rotatable bonds is 0. The van der Waals surface area contributed by atoms with E-state index in [1.54, 1.807) is 0 Å². The number of fused-ring (bicyclic) bond motifs is 6. The van der Waals surface area contributed by atoms with Crippen molar-refractivity contribution < 1.29 is 0 Å². The van der Waals surface area contributed by atoms with Crippen LogP contribution >= 0.6 is 0 Å². The minimum atomic E-state index is 0.658. The number of aryl methyl sites for hydroxylation is 1. The molecule has 3 atom stereocenters. The summed E-state index contributed by atoms with van der Waals surface area (Å²) in [5.41, 5.74) is 6.09. The van der Waals surface area contributed by atoms with Crippen LogP contribution in [0.5, 0.6) is 0 Å². The Balaban J connectivity index is 1.99. The summed E-state index contributed by atoms with van der Waals surface area (Å²) in [5, 5.41) is 3.55. The van der Waals surface area contributed by atoms with Gasteiger partial charge in [0.25, 0.3) is 0 Å². The molecular formula is C15H17N3. The summed E-state index contributed by atoms with van der Waals surface area (Å²) in [6, 6.07) is 4.55. The van der Waals surface area contributed by atoms with Crippen LogP contribution in [0.1, 0.15) is 35.6 Å². The molecule has 2 aliphatic rings. The molecule has 2 aromatic rings. The lowest BCUT2D eigenvalue weighted by molar-refractivity contribution is 0.339. The average Bonchev–Trinajstić information content (AvgIpc) is 2.53. The molecule has 4 rings (SSSR count). The molecule has 1 aliphatic carbocycles. The summed E-state index contributed by atoms with van der Waals surface area (Å²) < 4.78 is 0. The molecule has 0 saturated carbocycles. The van der Waals surface area contributed by atoms with Crippen molar-refractivity contribution in [2.75, 3.05) is 13.1 Å². The van der Waals surface area contributed by atoms with Crippen LogP contribution in [-0.2, 0) is 0 Å². The van der Waals surface area contributed by atoms with Crippen LogP contribution < -0.4 is 5.32 Å². The summed E-state index contributed by atoms with van der Waals surface area (Å²) in [7, 11) is 0. The van der Waals surface area contributed by atoms with Crippen LogP contribution in [0.2, 0.25) is 0 Å². The van der Waals surface area contributed by atoms with Crippen molar-refractivity contribution in [3.05, 3.63) is 35.2 Å². The zero-order valence-corrected chi connectivity index (χ0v) is 10.8. The summed E-state index contributed by atoms with van der Waals surface area (Å²) in [6.45, 7) is 6.60. The van der Waals surface area contributed by atoms with Crippen molar-refractivity contribution in [1.82, 2.24) is 15.3 Å². The molecule has 0 amide bonds. The third-order valence-corrected chi connectivity index (χ3v) is 4.66. The third kappa shape index (κ3) is 1.28. The molecule has 1 saturated heterocycles. The second-order valence-electron chi connectivity index (χ2n) is 5.71. The predicted molar refractivity (Wildman–Crippen MR) is 71.8 cm³/mol. The van der Waals surface area contributed by atoms with Gasteiger partial charge in [-0.15, -0.1) is 0 Å². The Morgan fingerprint density at radius 3 is 2.50 bits per heavy atom. The highest BCUT2D eigenvalue weighted by Gasteiger charge is 2.40. The summed E-state index contributed by atoms with van der Waals surface area (Å²) in [6.07, 6.45) is 1.86. The molecule has 0 radical (unpaired) electrons. The highest BCUT2D eigenvalue weighted by atomic mass is 14.9. The molecule has 92 valence electrons. The largest absolute Gasteiger partial charge is 0.315 e. The smallest absolute Gasteiger partial charge is 0.0893 e. The fourth-order valence-electron chi connectivity index (χ4n) is 3.66. The van der Waals surface area contributed by atoms with Gasteiger partial charge < -0.3 is 5.32 Å². The minimum Gasteiger partial charge on any atom is -0.315 e. The molecule has 3 unspecified atom stereocenters. The maximum absolute atomic E-state index is 4.61. The Kier molecular flexibility index (Phi) is 2.04. The van der Waals surface area contributed by atoms with E-state index >= 15 is 0 Å². The van der Waals surface area contributed by atoms with Crippen LogP contribution in [0.25, 0.3) is 11.0 Å². The van der Waals surface area contributed by atoms with Gasteiger partial charge in [0.15, 0.2) is 0 Å². The average molecular weight is 239 g/mol. The first kappa shape index (κ1) is 10.4.